The second-order valence-corrected chi connectivity index (χ2v) is 4.94. The van der Waals surface area contributed by atoms with Crippen LogP contribution in [-0.2, 0) is 13.1 Å². The molecule has 3 N–H and O–H groups in total. The molecule has 0 aliphatic carbocycles. The number of halogens is 1. The summed E-state index contributed by atoms with van der Waals surface area (Å²) in [6.07, 6.45) is 0. The predicted molar refractivity (Wildman–Crippen MR) is 80.5 cm³/mol. The lowest BCUT2D eigenvalue weighted by Crippen LogP contribution is -2.21. The van der Waals surface area contributed by atoms with Gasteiger partial charge in [0.1, 0.15) is 5.82 Å². The van der Waals surface area contributed by atoms with Gasteiger partial charge in [-0.3, -0.25) is 4.90 Å². The van der Waals surface area contributed by atoms with Crippen LogP contribution in [-0.4, -0.2) is 23.0 Å². The van der Waals surface area contributed by atoms with Gasteiger partial charge < -0.3 is 10.9 Å². The lowest BCUT2D eigenvalue weighted by Gasteiger charge is -2.18. The molecule has 21 heavy (non-hydrogen) atoms. The molecule has 0 saturated heterocycles. The SMILES string of the molecule is CN(Cc1ccc(F)cc1)Cc1ccccc1C(N)=NO. The number of hydrogen-bond acceptors (Lipinski definition) is 3. The summed E-state index contributed by atoms with van der Waals surface area (Å²) in [6, 6.07) is 13.9. The number of nitrogens with two attached hydrogens (primary N) is 1. The van der Waals surface area contributed by atoms with Gasteiger partial charge in [-0.15, -0.1) is 0 Å². The van der Waals surface area contributed by atoms with Crippen LogP contribution >= 0.6 is 0 Å². The van der Waals surface area contributed by atoms with Gasteiger partial charge in [0.05, 0.1) is 0 Å². The zero-order chi connectivity index (χ0) is 15.2. The lowest BCUT2D eigenvalue weighted by molar-refractivity contribution is 0.315. The highest BCUT2D eigenvalue weighted by Crippen LogP contribution is 2.13. The topological polar surface area (TPSA) is 61.8 Å². The molecule has 0 aromatic heterocycles. The van der Waals surface area contributed by atoms with Gasteiger partial charge >= 0.3 is 0 Å². The molecule has 0 atom stereocenters. The highest BCUT2D eigenvalue weighted by atomic mass is 19.1. The summed E-state index contributed by atoms with van der Waals surface area (Å²) in [7, 11) is 1.96. The Morgan fingerprint density at radius 2 is 1.81 bits per heavy atom. The van der Waals surface area contributed by atoms with Gasteiger partial charge in [0.15, 0.2) is 5.84 Å². The fourth-order valence-corrected chi connectivity index (χ4v) is 2.21. The zero-order valence-electron chi connectivity index (χ0n) is 11.8. The molecule has 0 unspecified atom stereocenters. The van der Waals surface area contributed by atoms with Crippen molar-refractivity contribution in [2.24, 2.45) is 10.9 Å². The molecule has 0 radical (unpaired) electrons. The monoisotopic (exact) mass is 287 g/mol. The van der Waals surface area contributed by atoms with E-state index < -0.39 is 0 Å². The maximum atomic E-state index is 12.9. The van der Waals surface area contributed by atoms with Crippen LogP contribution in [0.2, 0.25) is 0 Å². The van der Waals surface area contributed by atoms with Crippen molar-refractivity contribution < 1.29 is 9.60 Å². The van der Waals surface area contributed by atoms with Crippen molar-refractivity contribution in [2.75, 3.05) is 7.05 Å². The van der Waals surface area contributed by atoms with Crippen LogP contribution < -0.4 is 5.73 Å². The molecule has 0 fully saturated rings. The molecule has 5 heteroatoms. The van der Waals surface area contributed by atoms with Crippen LogP contribution in [0.15, 0.2) is 53.7 Å². The van der Waals surface area contributed by atoms with Crippen molar-refractivity contribution >= 4 is 5.84 Å². The third-order valence-corrected chi connectivity index (χ3v) is 3.21. The number of rotatable bonds is 5. The van der Waals surface area contributed by atoms with Gasteiger partial charge in [0.2, 0.25) is 0 Å². The maximum absolute atomic E-state index is 12.9. The molecular formula is C16H18FN3O. The Bertz CT molecular complexity index is 626. The summed E-state index contributed by atoms with van der Waals surface area (Å²) in [6.45, 7) is 1.33. The quantitative estimate of drug-likeness (QED) is 0.384. The van der Waals surface area contributed by atoms with Crippen LogP contribution in [0.5, 0.6) is 0 Å². The number of hydrogen-bond donors (Lipinski definition) is 2. The minimum Gasteiger partial charge on any atom is -0.409 e. The first-order chi connectivity index (χ1) is 10.1. The van der Waals surface area contributed by atoms with E-state index in [4.69, 9.17) is 10.9 Å². The highest BCUT2D eigenvalue weighted by molar-refractivity contribution is 5.98. The van der Waals surface area contributed by atoms with Gasteiger partial charge in [-0.05, 0) is 30.3 Å². The van der Waals surface area contributed by atoms with E-state index in [-0.39, 0.29) is 11.7 Å². The first-order valence-corrected chi connectivity index (χ1v) is 6.59. The highest BCUT2D eigenvalue weighted by Gasteiger charge is 2.09. The van der Waals surface area contributed by atoms with Gasteiger partial charge in [-0.1, -0.05) is 41.6 Å². The Morgan fingerprint density at radius 1 is 1.14 bits per heavy atom. The normalized spacial score (nSPS) is 11.9. The smallest absolute Gasteiger partial charge is 0.170 e. The Balaban J connectivity index is 2.09. The molecule has 0 aliphatic heterocycles. The van der Waals surface area contributed by atoms with E-state index in [0.29, 0.717) is 18.7 Å². The second-order valence-electron chi connectivity index (χ2n) is 4.94. The van der Waals surface area contributed by atoms with Crippen molar-refractivity contribution in [3.63, 3.8) is 0 Å². The Kier molecular flexibility index (Phi) is 4.90. The van der Waals surface area contributed by atoms with Crippen molar-refractivity contribution in [3.05, 3.63) is 71.0 Å². The summed E-state index contributed by atoms with van der Waals surface area (Å²) < 4.78 is 12.9. The number of oxime groups is 1. The second kappa shape index (κ2) is 6.85. The van der Waals surface area contributed by atoms with Gasteiger partial charge in [-0.25, -0.2) is 4.39 Å². The van der Waals surface area contributed by atoms with Crippen molar-refractivity contribution in [1.29, 1.82) is 0 Å². The van der Waals surface area contributed by atoms with Crippen LogP contribution in [0.1, 0.15) is 16.7 Å². The Labute approximate surface area is 123 Å². The number of benzene rings is 2. The van der Waals surface area contributed by atoms with E-state index in [2.05, 4.69) is 10.1 Å². The molecule has 0 bridgehead atoms. The number of amidine groups is 1. The van der Waals surface area contributed by atoms with Crippen LogP contribution in [0.4, 0.5) is 4.39 Å². The first-order valence-electron chi connectivity index (χ1n) is 6.59. The van der Waals surface area contributed by atoms with E-state index in [1.54, 1.807) is 12.1 Å². The molecule has 2 aromatic carbocycles. The summed E-state index contributed by atoms with van der Waals surface area (Å²) in [5.74, 6) is -0.139. The predicted octanol–water partition coefficient (Wildman–Crippen LogP) is 2.55. The molecule has 0 saturated carbocycles. The van der Waals surface area contributed by atoms with Crippen molar-refractivity contribution in [3.8, 4) is 0 Å². The first kappa shape index (κ1) is 15.0. The number of nitrogens with zero attached hydrogens (tertiary/aromatic N) is 2. The van der Waals surface area contributed by atoms with Crippen LogP contribution in [0.3, 0.4) is 0 Å². The van der Waals surface area contributed by atoms with E-state index in [1.165, 1.54) is 12.1 Å². The largest absolute Gasteiger partial charge is 0.409 e. The molecule has 0 amide bonds. The molecule has 0 spiro atoms. The van der Waals surface area contributed by atoms with Crippen LogP contribution in [0, 0.1) is 5.82 Å². The van der Waals surface area contributed by atoms with Crippen LogP contribution in [0.25, 0.3) is 0 Å². The van der Waals surface area contributed by atoms with E-state index in [0.717, 1.165) is 11.1 Å². The molecule has 4 nitrogen and oxygen atoms in total. The van der Waals surface area contributed by atoms with Gasteiger partial charge in [-0.2, -0.15) is 0 Å². The fourth-order valence-electron chi connectivity index (χ4n) is 2.21. The molecule has 110 valence electrons. The summed E-state index contributed by atoms with van der Waals surface area (Å²) in [5.41, 5.74) is 8.39. The maximum Gasteiger partial charge on any atom is 0.170 e. The molecular weight excluding hydrogens is 269 g/mol. The molecule has 2 rings (SSSR count). The minimum atomic E-state index is -0.237. The fraction of sp³-hybridized carbons (Fsp3) is 0.188. The minimum absolute atomic E-state index is 0.0979. The molecule has 0 aliphatic rings. The standard InChI is InChI=1S/C16H18FN3O/c1-20(10-12-6-8-14(17)9-7-12)11-13-4-2-3-5-15(13)16(18)19-21/h2-9,21H,10-11H2,1H3,(H2,18,19). The average Bonchev–Trinajstić information content (AvgIpc) is 2.49. The summed E-state index contributed by atoms with van der Waals surface area (Å²) >= 11 is 0. The van der Waals surface area contributed by atoms with Crippen molar-refractivity contribution in [2.45, 2.75) is 13.1 Å². The third-order valence-electron chi connectivity index (χ3n) is 3.21. The van der Waals surface area contributed by atoms with Gasteiger partial charge in [0.25, 0.3) is 0 Å². The summed E-state index contributed by atoms with van der Waals surface area (Å²) in [4.78, 5) is 2.08. The van der Waals surface area contributed by atoms with E-state index >= 15 is 0 Å². The Morgan fingerprint density at radius 3 is 2.48 bits per heavy atom. The van der Waals surface area contributed by atoms with E-state index in [9.17, 15) is 4.39 Å². The lowest BCUT2D eigenvalue weighted by atomic mass is 10.1. The van der Waals surface area contributed by atoms with Crippen molar-refractivity contribution in [1.82, 2.24) is 4.90 Å². The molecule has 2 aromatic rings. The third kappa shape index (κ3) is 4.03. The zero-order valence-corrected chi connectivity index (χ0v) is 11.8. The Hall–Kier alpha value is -2.40. The van der Waals surface area contributed by atoms with Gasteiger partial charge in [0, 0.05) is 18.7 Å². The summed E-state index contributed by atoms with van der Waals surface area (Å²) in [5, 5.41) is 11.9. The van der Waals surface area contributed by atoms with E-state index in [1.807, 2.05) is 31.3 Å². The average molecular weight is 287 g/mol. The molecule has 0 heterocycles.